The van der Waals surface area contributed by atoms with E-state index in [9.17, 15) is 20.4 Å². The second-order valence-electron chi connectivity index (χ2n) is 6.96. The third kappa shape index (κ3) is 4.86. The summed E-state index contributed by atoms with van der Waals surface area (Å²) in [5.74, 6) is 0.250. The second-order valence-corrected chi connectivity index (χ2v) is 6.96. The van der Waals surface area contributed by atoms with Crippen LogP contribution in [0, 0.1) is 0 Å². The predicted molar refractivity (Wildman–Crippen MR) is 99.4 cm³/mol. The minimum absolute atomic E-state index is 0.250. The Hall–Kier alpha value is -1.96. The fourth-order valence-electron chi connectivity index (χ4n) is 3.46. The molecule has 1 heterocycles. The monoisotopic (exact) mass is 374 g/mol. The van der Waals surface area contributed by atoms with Crippen molar-refractivity contribution in [1.82, 2.24) is 0 Å². The van der Waals surface area contributed by atoms with Gasteiger partial charge in [0, 0.05) is 7.11 Å². The summed E-state index contributed by atoms with van der Waals surface area (Å²) < 4.78 is 10.6. The van der Waals surface area contributed by atoms with E-state index in [0.717, 1.165) is 16.7 Å². The molecule has 0 saturated carbocycles. The summed E-state index contributed by atoms with van der Waals surface area (Å²) >= 11 is 0. The zero-order valence-electron chi connectivity index (χ0n) is 15.2. The average molecular weight is 374 g/mol. The summed E-state index contributed by atoms with van der Waals surface area (Å²) in [4.78, 5) is 0. The first-order chi connectivity index (χ1) is 13.0. The molecule has 27 heavy (non-hydrogen) atoms. The van der Waals surface area contributed by atoms with Crippen LogP contribution in [-0.4, -0.2) is 58.2 Å². The normalized spacial score (nSPS) is 28.2. The van der Waals surface area contributed by atoms with Gasteiger partial charge in [-0.05, 0) is 48.1 Å². The average Bonchev–Trinajstić information content (AvgIpc) is 2.66. The maximum Gasteiger partial charge on any atom is 0.186 e. The van der Waals surface area contributed by atoms with Crippen LogP contribution in [0.25, 0.3) is 0 Å². The van der Waals surface area contributed by atoms with E-state index in [4.69, 9.17) is 9.47 Å². The summed E-state index contributed by atoms with van der Waals surface area (Å²) in [7, 11) is 1.39. The quantitative estimate of drug-likeness (QED) is 0.610. The SMILES string of the molecule is COC1OC(CCc2cccc(Cc3cccc(O)c3)c2)C(O)C(O)C1O. The van der Waals surface area contributed by atoms with Crippen LogP contribution >= 0.6 is 0 Å². The summed E-state index contributed by atoms with van der Waals surface area (Å²) in [6.07, 6.45) is -3.47. The van der Waals surface area contributed by atoms with Crippen LogP contribution in [0.15, 0.2) is 48.5 Å². The van der Waals surface area contributed by atoms with E-state index in [2.05, 4.69) is 6.07 Å². The number of aromatic hydroxyl groups is 1. The molecule has 1 aliphatic rings. The Labute approximate surface area is 158 Å². The van der Waals surface area contributed by atoms with Gasteiger partial charge in [-0.3, -0.25) is 0 Å². The van der Waals surface area contributed by atoms with Crippen molar-refractivity contribution in [3.63, 3.8) is 0 Å². The maximum atomic E-state index is 10.2. The number of phenolic OH excluding ortho intramolecular Hbond substituents is 1. The molecule has 5 unspecified atom stereocenters. The lowest BCUT2D eigenvalue weighted by atomic mass is 9.93. The van der Waals surface area contributed by atoms with Crippen LogP contribution in [0.2, 0.25) is 0 Å². The molecule has 4 N–H and O–H groups in total. The summed E-state index contributed by atoms with van der Waals surface area (Å²) in [5, 5.41) is 39.5. The second kappa shape index (κ2) is 8.82. The summed E-state index contributed by atoms with van der Waals surface area (Å²) in [6.45, 7) is 0. The van der Waals surface area contributed by atoms with E-state index in [1.54, 1.807) is 12.1 Å². The highest BCUT2D eigenvalue weighted by Crippen LogP contribution is 2.25. The van der Waals surface area contributed by atoms with Crippen LogP contribution in [0.1, 0.15) is 23.1 Å². The number of benzene rings is 2. The molecular formula is C21H26O6. The first-order valence-electron chi connectivity index (χ1n) is 9.06. The zero-order chi connectivity index (χ0) is 19.4. The van der Waals surface area contributed by atoms with E-state index in [0.29, 0.717) is 19.3 Å². The van der Waals surface area contributed by atoms with Crippen molar-refractivity contribution in [3.05, 3.63) is 65.2 Å². The molecule has 0 amide bonds. The molecule has 0 aliphatic carbocycles. The molecule has 1 aliphatic heterocycles. The third-order valence-corrected chi connectivity index (χ3v) is 4.93. The van der Waals surface area contributed by atoms with Crippen molar-refractivity contribution in [2.24, 2.45) is 0 Å². The number of rotatable bonds is 6. The molecule has 0 radical (unpaired) electrons. The molecule has 6 nitrogen and oxygen atoms in total. The Morgan fingerprint density at radius 2 is 1.56 bits per heavy atom. The molecule has 5 atom stereocenters. The van der Waals surface area contributed by atoms with Crippen molar-refractivity contribution >= 4 is 0 Å². The van der Waals surface area contributed by atoms with Crippen molar-refractivity contribution in [2.75, 3.05) is 7.11 Å². The van der Waals surface area contributed by atoms with E-state index < -0.39 is 30.7 Å². The Balaban J connectivity index is 1.62. The largest absolute Gasteiger partial charge is 0.508 e. The smallest absolute Gasteiger partial charge is 0.186 e. The Morgan fingerprint density at radius 1 is 0.889 bits per heavy atom. The molecule has 1 saturated heterocycles. The van der Waals surface area contributed by atoms with Crippen molar-refractivity contribution in [1.29, 1.82) is 0 Å². The fourth-order valence-corrected chi connectivity index (χ4v) is 3.46. The number of aliphatic hydroxyl groups is 3. The molecule has 0 aromatic heterocycles. The standard InChI is InChI=1S/C21H26O6/c1-26-21-20(25)19(24)18(23)17(27-21)9-8-13-4-2-5-14(10-13)11-15-6-3-7-16(22)12-15/h2-7,10,12,17-25H,8-9,11H2,1H3. The third-order valence-electron chi connectivity index (χ3n) is 4.93. The number of aryl methyl sites for hydroxylation is 1. The first-order valence-corrected chi connectivity index (χ1v) is 9.06. The highest BCUT2D eigenvalue weighted by atomic mass is 16.7. The molecule has 2 aromatic rings. The lowest BCUT2D eigenvalue weighted by Gasteiger charge is -2.39. The van der Waals surface area contributed by atoms with Gasteiger partial charge >= 0.3 is 0 Å². The van der Waals surface area contributed by atoms with E-state index in [1.807, 2.05) is 30.3 Å². The molecular weight excluding hydrogens is 348 g/mol. The Bertz CT molecular complexity index is 747. The maximum absolute atomic E-state index is 10.2. The minimum Gasteiger partial charge on any atom is -0.508 e. The highest BCUT2D eigenvalue weighted by molar-refractivity contribution is 5.33. The van der Waals surface area contributed by atoms with Gasteiger partial charge in [0.2, 0.25) is 0 Å². The number of aliphatic hydroxyl groups excluding tert-OH is 3. The van der Waals surface area contributed by atoms with E-state index in [-0.39, 0.29) is 5.75 Å². The molecule has 0 spiro atoms. The van der Waals surface area contributed by atoms with E-state index >= 15 is 0 Å². The van der Waals surface area contributed by atoms with Gasteiger partial charge in [-0.25, -0.2) is 0 Å². The van der Waals surface area contributed by atoms with Gasteiger partial charge in [0.05, 0.1) is 6.10 Å². The molecule has 1 fully saturated rings. The Kier molecular flexibility index (Phi) is 6.46. The topological polar surface area (TPSA) is 99.4 Å². The molecule has 3 rings (SSSR count). The minimum atomic E-state index is -1.30. The number of phenols is 1. The van der Waals surface area contributed by atoms with Gasteiger partial charge < -0.3 is 29.9 Å². The summed E-state index contributed by atoms with van der Waals surface area (Å²) in [5.41, 5.74) is 3.23. The van der Waals surface area contributed by atoms with Crippen LogP contribution in [0.4, 0.5) is 0 Å². The molecule has 146 valence electrons. The van der Waals surface area contributed by atoms with Gasteiger partial charge in [0.15, 0.2) is 6.29 Å². The van der Waals surface area contributed by atoms with Gasteiger partial charge in [-0.2, -0.15) is 0 Å². The van der Waals surface area contributed by atoms with Crippen LogP contribution < -0.4 is 0 Å². The van der Waals surface area contributed by atoms with Crippen LogP contribution in [0.5, 0.6) is 5.75 Å². The molecule has 6 heteroatoms. The van der Waals surface area contributed by atoms with Crippen LogP contribution in [-0.2, 0) is 22.3 Å². The first kappa shape index (κ1) is 19.8. The van der Waals surface area contributed by atoms with Gasteiger partial charge in [-0.15, -0.1) is 0 Å². The van der Waals surface area contributed by atoms with Gasteiger partial charge in [0.25, 0.3) is 0 Å². The fraction of sp³-hybridized carbons (Fsp3) is 0.429. The van der Waals surface area contributed by atoms with Gasteiger partial charge in [0.1, 0.15) is 24.1 Å². The lowest BCUT2D eigenvalue weighted by molar-refractivity contribution is -0.290. The van der Waals surface area contributed by atoms with Crippen molar-refractivity contribution in [2.45, 2.75) is 50.0 Å². The predicted octanol–water partition coefficient (Wildman–Crippen LogP) is 1.37. The highest BCUT2D eigenvalue weighted by Gasteiger charge is 2.43. The molecule has 2 aromatic carbocycles. The van der Waals surface area contributed by atoms with Crippen LogP contribution in [0.3, 0.4) is 0 Å². The van der Waals surface area contributed by atoms with Gasteiger partial charge in [-0.1, -0.05) is 36.4 Å². The lowest BCUT2D eigenvalue weighted by Crippen LogP contribution is -2.58. The van der Waals surface area contributed by atoms with Crippen molar-refractivity contribution in [3.8, 4) is 5.75 Å². The number of hydrogen-bond acceptors (Lipinski definition) is 6. The zero-order valence-corrected chi connectivity index (χ0v) is 15.2. The molecule has 0 bridgehead atoms. The number of methoxy groups -OCH3 is 1. The number of ether oxygens (including phenoxy) is 2. The summed E-state index contributed by atoms with van der Waals surface area (Å²) in [6, 6.07) is 15.3. The Morgan fingerprint density at radius 3 is 2.26 bits per heavy atom. The number of hydrogen-bond donors (Lipinski definition) is 4. The van der Waals surface area contributed by atoms with Crippen molar-refractivity contribution < 1.29 is 29.9 Å². The van der Waals surface area contributed by atoms with E-state index in [1.165, 1.54) is 7.11 Å².